The summed E-state index contributed by atoms with van der Waals surface area (Å²) in [6.45, 7) is 0.490. The number of nitrogens with two attached hydrogens (primary N) is 1. The van der Waals surface area contributed by atoms with Crippen LogP contribution in [0.25, 0.3) is 0 Å². The van der Waals surface area contributed by atoms with Gasteiger partial charge in [0, 0.05) is 6.54 Å². The van der Waals surface area contributed by atoms with Crippen LogP contribution in [0.1, 0.15) is 31.1 Å². The minimum Gasteiger partial charge on any atom is -0.467 e. The van der Waals surface area contributed by atoms with E-state index in [1.807, 2.05) is 12.1 Å². The van der Waals surface area contributed by atoms with E-state index in [1.54, 1.807) is 6.26 Å². The van der Waals surface area contributed by atoms with Gasteiger partial charge < -0.3 is 14.9 Å². The van der Waals surface area contributed by atoms with E-state index in [4.69, 9.17) is 14.9 Å². The van der Waals surface area contributed by atoms with E-state index in [-0.39, 0.29) is 6.10 Å². The molecule has 1 aromatic heterocycles. The third-order valence-corrected chi connectivity index (χ3v) is 2.48. The van der Waals surface area contributed by atoms with Crippen LogP contribution in [-0.2, 0) is 4.74 Å². The summed E-state index contributed by atoms with van der Waals surface area (Å²) in [6.07, 6.45) is 5.61. The standard InChI is InChI=1S/C10H15NO2/c11-7-10(9-5-2-6-12-9)13-8-3-1-4-8/h2,5-6,8,10H,1,3-4,7,11H2. The first-order chi connectivity index (χ1) is 6.40. The van der Waals surface area contributed by atoms with Gasteiger partial charge in [-0.05, 0) is 31.4 Å². The normalized spacial score (nSPS) is 19.8. The molecule has 1 aliphatic carbocycles. The highest BCUT2D eigenvalue weighted by molar-refractivity contribution is 5.03. The molecule has 1 heterocycles. The lowest BCUT2D eigenvalue weighted by atomic mass is 9.96. The maximum absolute atomic E-state index is 5.76. The van der Waals surface area contributed by atoms with E-state index >= 15 is 0 Å². The molecule has 0 amide bonds. The van der Waals surface area contributed by atoms with Gasteiger partial charge in [0.05, 0.1) is 12.4 Å². The Morgan fingerprint density at radius 2 is 2.46 bits per heavy atom. The van der Waals surface area contributed by atoms with Crippen molar-refractivity contribution in [2.24, 2.45) is 5.73 Å². The van der Waals surface area contributed by atoms with Crippen molar-refractivity contribution in [3.8, 4) is 0 Å². The molecule has 0 spiro atoms. The van der Waals surface area contributed by atoms with Gasteiger partial charge in [0.15, 0.2) is 0 Å². The van der Waals surface area contributed by atoms with E-state index < -0.39 is 0 Å². The van der Waals surface area contributed by atoms with Gasteiger partial charge in [-0.1, -0.05) is 0 Å². The smallest absolute Gasteiger partial charge is 0.133 e. The summed E-state index contributed by atoms with van der Waals surface area (Å²) in [4.78, 5) is 0. The van der Waals surface area contributed by atoms with Crippen molar-refractivity contribution in [2.75, 3.05) is 6.54 Å². The lowest BCUT2D eigenvalue weighted by Crippen LogP contribution is -2.27. The average molecular weight is 181 g/mol. The Labute approximate surface area is 77.9 Å². The minimum atomic E-state index is -0.0553. The lowest BCUT2D eigenvalue weighted by molar-refractivity contribution is -0.0568. The quantitative estimate of drug-likeness (QED) is 0.771. The summed E-state index contributed by atoms with van der Waals surface area (Å²) in [5, 5.41) is 0. The number of hydrogen-bond acceptors (Lipinski definition) is 3. The Kier molecular flexibility index (Phi) is 2.66. The number of ether oxygens (including phenoxy) is 1. The summed E-state index contributed by atoms with van der Waals surface area (Å²) in [5.74, 6) is 0.842. The summed E-state index contributed by atoms with van der Waals surface area (Å²) in [5.41, 5.74) is 5.61. The molecule has 3 nitrogen and oxygen atoms in total. The van der Waals surface area contributed by atoms with Crippen molar-refractivity contribution >= 4 is 0 Å². The molecule has 1 aliphatic rings. The predicted octanol–water partition coefficient (Wildman–Crippen LogP) is 1.85. The second-order valence-corrected chi connectivity index (χ2v) is 3.43. The van der Waals surface area contributed by atoms with Gasteiger partial charge in [-0.3, -0.25) is 0 Å². The van der Waals surface area contributed by atoms with Crippen molar-refractivity contribution in [1.82, 2.24) is 0 Å². The van der Waals surface area contributed by atoms with E-state index in [2.05, 4.69) is 0 Å². The van der Waals surface area contributed by atoms with Crippen LogP contribution >= 0.6 is 0 Å². The minimum absolute atomic E-state index is 0.0553. The Morgan fingerprint density at radius 1 is 1.62 bits per heavy atom. The molecule has 3 heteroatoms. The van der Waals surface area contributed by atoms with Crippen LogP contribution in [0.3, 0.4) is 0 Å². The first-order valence-corrected chi connectivity index (χ1v) is 4.79. The van der Waals surface area contributed by atoms with Crippen LogP contribution in [0, 0.1) is 0 Å². The molecule has 1 fully saturated rings. The van der Waals surface area contributed by atoms with Crippen molar-refractivity contribution in [3.63, 3.8) is 0 Å². The third-order valence-electron chi connectivity index (χ3n) is 2.48. The maximum Gasteiger partial charge on any atom is 0.133 e. The SMILES string of the molecule is NCC(OC1CCC1)c1ccco1. The van der Waals surface area contributed by atoms with E-state index in [9.17, 15) is 0 Å². The Hall–Kier alpha value is -0.800. The number of hydrogen-bond donors (Lipinski definition) is 1. The summed E-state index contributed by atoms with van der Waals surface area (Å²) < 4.78 is 11.0. The van der Waals surface area contributed by atoms with Crippen LogP contribution in [0.4, 0.5) is 0 Å². The van der Waals surface area contributed by atoms with Crippen molar-refractivity contribution in [1.29, 1.82) is 0 Å². The lowest BCUT2D eigenvalue weighted by Gasteiger charge is -2.29. The largest absolute Gasteiger partial charge is 0.467 e. The van der Waals surface area contributed by atoms with Gasteiger partial charge >= 0.3 is 0 Å². The highest BCUT2D eigenvalue weighted by Crippen LogP contribution is 2.28. The van der Waals surface area contributed by atoms with Crippen molar-refractivity contribution in [3.05, 3.63) is 24.2 Å². The molecule has 0 radical (unpaired) electrons. The highest BCUT2D eigenvalue weighted by Gasteiger charge is 2.23. The van der Waals surface area contributed by atoms with Gasteiger partial charge in [-0.15, -0.1) is 0 Å². The number of furan rings is 1. The summed E-state index contributed by atoms with van der Waals surface area (Å²) in [7, 11) is 0. The van der Waals surface area contributed by atoms with Gasteiger partial charge in [0.25, 0.3) is 0 Å². The Balaban J connectivity index is 1.92. The molecule has 1 atom stereocenters. The van der Waals surface area contributed by atoms with Crippen LogP contribution < -0.4 is 5.73 Å². The van der Waals surface area contributed by atoms with Crippen molar-refractivity contribution < 1.29 is 9.15 Å². The zero-order valence-corrected chi connectivity index (χ0v) is 7.61. The molecule has 1 saturated carbocycles. The van der Waals surface area contributed by atoms with Crippen LogP contribution in [0.15, 0.2) is 22.8 Å². The molecular weight excluding hydrogens is 166 g/mol. The van der Waals surface area contributed by atoms with E-state index in [1.165, 1.54) is 6.42 Å². The predicted molar refractivity (Wildman–Crippen MR) is 49.2 cm³/mol. The fraction of sp³-hybridized carbons (Fsp3) is 0.600. The fourth-order valence-electron chi connectivity index (χ4n) is 1.45. The second-order valence-electron chi connectivity index (χ2n) is 3.43. The number of rotatable bonds is 4. The van der Waals surface area contributed by atoms with Gasteiger partial charge in [0.1, 0.15) is 11.9 Å². The van der Waals surface area contributed by atoms with E-state index in [0.717, 1.165) is 18.6 Å². The zero-order valence-electron chi connectivity index (χ0n) is 7.61. The topological polar surface area (TPSA) is 48.4 Å². The zero-order chi connectivity index (χ0) is 9.10. The van der Waals surface area contributed by atoms with Gasteiger partial charge in [0.2, 0.25) is 0 Å². The van der Waals surface area contributed by atoms with Gasteiger partial charge in [-0.2, -0.15) is 0 Å². The monoisotopic (exact) mass is 181 g/mol. The molecule has 0 bridgehead atoms. The van der Waals surface area contributed by atoms with Gasteiger partial charge in [-0.25, -0.2) is 0 Å². The van der Waals surface area contributed by atoms with Crippen LogP contribution in [0.5, 0.6) is 0 Å². The molecule has 2 rings (SSSR count). The molecule has 1 aromatic rings. The molecule has 72 valence electrons. The molecule has 1 unspecified atom stereocenters. The van der Waals surface area contributed by atoms with Crippen LogP contribution in [0.2, 0.25) is 0 Å². The first kappa shape index (κ1) is 8.78. The fourth-order valence-corrected chi connectivity index (χ4v) is 1.45. The van der Waals surface area contributed by atoms with E-state index in [0.29, 0.717) is 12.6 Å². The van der Waals surface area contributed by atoms with Crippen molar-refractivity contribution in [2.45, 2.75) is 31.5 Å². The Bertz CT molecular complexity index is 241. The Morgan fingerprint density at radius 3 is 2.92 bits per heavy atom. The molecule has 13 heavy (non-hydrogen) atoms. The molecule has 0 saturated heterocycles. The summed E-state index contributed by atoms with van der Waals surface area (Å²) in [6, 6.07) is 3.78. The second kappa shape index (κ2) is 3.94. The maximum atomic E-state index is 5.76. The first-order valence-electron chi connectivity index (χ1n) is 4.79. The molecular formula is C10H15NO2. The molecule has 0 aromatic carbocycles. The highest BCUT2D eigenvalue weighted by atomic mass is 16.5. The molecule has 0 aliphatic heterocycles. The average Bonchev–Trinajstić information content (AvgIpc) is 2.55. The summed E-state index contributed by atoms with van der Waals surface area (Å²) >= 11 is 0. The molecule has 2 N–H and O–H groups in total. The van der Waals surface area contributed by atoms with Crippen LogP contribution in [-0.4, -0.2) is 12.6 Å². The third kappa shape index (κ3) is 1.92.